The van der Waals surface area contributed by atoms with Gasteiger partial charge in [-0.3, -0.25) is 4.99 Å². The minimum atomic E-state index is 0. The molecular formula is C19H27IN4O. The quantitative estimate of drug-likeness (QED) is 0.439. The normalized spacial score (nSPS) is 16.4. The number of halogens is 1. The lowest BCUT2D eigenvalue weighted by Crippen LogP contribution is -2.41. The fraction of sp³-hybridized carbons (Fsp3) is 0.421. The lowest BCUT2D eigenvalue weighted by atomic mass is 9.93. The van der Waals surface area contributed by atoms with E-state index in [-0.39, 0.29) is 24.0 Å². The van der Waals surface area contributed by atoms with Crippen LogP contribution >= 0.6 is 24.0 Å². The number of guanidine groups is 1. The van der Waals surface area contributed by atoms with Crippen molar-refractivity contribution in [2.45, 2.75) is 18.9 Å². The van der Waals surface area contributed by atoms with Crippen LogP contribution in [-0.2, 0) is 13.6 Å². The molecule has 1 aliphatic heterocycles. The van der Waals surface area contributed by atoms with Crippen molar-refractivity contribution in [1.29, 1.82) is 0 Å². The largest absolute Gasteiger partial charge is 0.493 e. The van der Waals surface area contributed by atoms with Gasteiger partial charge in [-0.25, -0.2) is 0 Å². The Labute approximate surface area is 167 Å². The van der Waals surface area contributed by atoms with E-state index in [9.17, 15) is 0 Å². The highest BCUT2D eigenvalue weighted by atomic mass is 127. The molecule has 2 heterocycles. The van der Waals surface area contributed by atoms with Crippen LogP contribution in [0.3, 0.4) is 0 Å². The van der Waals surface area contributed by atoms with Crippen molar-refractivity contribution in [2.75, 3.05) is 27.2 Å². The molecule has 0 aliphatic carbocycles. The molecule has 1 atom stereocenters. The van der Waals surface area contributed by atoms with Crippen LogP contribution in [0.2, 0.25) is 0 Å². The Morgan fingerprint density at radius 2 is 2.12 bits per heavy atom. The SMILES string of the molecule is CN=C(NCC1CCOc2ccccc21)N(C)Cc1cccn1C.I. The van der Waals surface area contributed by atoms with Crippen molar-refractivity contribution in [2.24, 2.45) is 12.0 Å². The van der Waals surface area contributed by atoms with Gasteiger partial charge in [0.15, 0.2) is 5.96 Å². The maximum absolute atomic E-state index is 5.75. The van der Waals surface area contributed by atoms with Crippen LogP contribution in [0.25, 0.3) is 0 Å². The number of aromatic nitrogens is 1. The van der Waals surface area contributed by atoms with Gasteiger partial charge in [0, 0.05) is 45.5 Å². The highest BCUT2D eigenvalue weighted by Crippen LogP contribution is 2.32. The van der Waals surface area contributed by atoms with Crippen LogP contribution in [0.1, 0.15) is 23.6 Å². The van der Waals surface area contributed by atoms with E-state index < -0.39 is 0 Å². The first kappa shape index (κ1) is 19.6. The molecule has 25 heavy (non-hydrogen) atoms. The molecule has 1 unspecified atom stereocenters. The molecule has 2 aromatic rings. The van der Waals surface area contributed by atoms with Gasteiger partial charge in [-0.1, -0.05) is 18.2 Å². The Morgan fingerprint density at radius 1 is 1.32 bits per heavy atom. The second-order valence-electron chi connectivity index (χ2n) is 6.27. The second kappa shape index (κ2) is 9.12. The van der Waals surface area contributed by atoms with Crippen molar-refractivity contribution in [3.8, 4) is 5.75 Å². The molecule has 1 aromatic carbocycles. The number of rotatable bonds is 4. The number of nitrogens with one attached hydrogen (secondary N) is 1. The molecule has 1 aliphatic rings. The summed E-state index contributed by atoms with van der Waals surface area (Å²) in [6, 6.07) is 12.5. The Bertz CT molecular complexity index is 713. The number of fused-ring (bicyclic) bond motifs is 1. The summed E-state index contributed by atoms with van der Waals surface area (Å²) < 4.78 is 7.88. The van der Waals surface area contributed by atoms with Gasteiger partial charge >= 0.3 is 0 Å². The van der Waals surface area contributed by atoms with Crippen molar-refractivity contribution in [1.82, 2.24) is 14.8 Å². The molecule has 136 valence electrons. The van der Waals surface area contributed by atoms with Crippen molar-refractivity contribution in [3.05, 3.63) is 53.9 Å². The number of para-hydroxylation sites is 1. The average molecular weight is 454 g/mol. The third-order valence-corrected chi connectivity index (χ3v) is 4.61. The number of aliphatic imine (C=N–C) groups is 1. The summed E-state index contributed by atoms with van der Waals surface area (Å²) in [5.41, 5.74) is 2.55. The predicted octanol–water partition coefficient (Wildman–Crippen LogP) is 3.22. The van der Waals surface area contributed by atoms with Crippen molar-refractivity contribution < 1.29 is 4.74 Å². The van der Waals surface area contributed by atoms with E-state index in [0.29, 0.717) is 5.92 Å². The Hall–Kier alpha value is -1.70. The van der Waals surface area contributed by atoms with E-state index in [0.717, 1.165) is 37.8 Å². The Morgan fingerprint density at radius 3 is 2.84 bits per heavy atom. The van der Waals surface area contributed by atoms with E-state index in [1.807, 2.05) is 13.1 Å². The first-order chi connectivity index (χ1) is 11.7. The monoisotopic (exact) mass is 454 g/mol. The minimum absolute atomic E-state index is 0. The number of aryl methyl sites for hydroxylation is 1. The van der Waals surface area contributed by atoms with Gasteiger partial charge in [-0.2, -0.15) is 0 Å². The maximum atomic E-state index is 5.75. The van der Waals surface area contributed by atoms with Gasteiger partial charge in [-0.05, 0) is 30.2 Å². The Kier molecular flexibility index (Phi) is 7.16. The highest BCUT2D eigenvalue weighted by Gasteiger charge is 2.21. The summed E-state index contributed by atoms with van der Waals surface area (Å²) in [6.07, 6.45) is 3.10. The van der Waals surface area contributed by atoms with Gasteiger partial charge < -0.3 is 19.5 Å². The number of benzene rings is 1. The molecule has 0 spiro atoms. The van der Waals surface area contributed by atoms with Crippen molar-refractivity contribution >= 4 is 29.9 Å². The number of hydrogen-bond acceptors (Lipinski definition) is 2. The number of hydrogen-bond donors (Lipinski definition) is 1. The van der Waals surface area contributed by atoms with Crippen LogP contribution < -0.4 is 10.1 Å². The molecular weight excluding hydrogens is 427 g/mol. The first-order valence-electron chi connectivity index (χ1n) is 8.42. The highest BCUT2D eigenvalue weighted by molar-refractivity contribution is 14.0. The first-order valence-corrected chi connectivity index (χ1v) is 8.42. The zero-order chi connectivity index (χ0) is 16.9. The summed E-state index contributed by atoms with van der Waals surface area (Å²) >= 11 is 0. The average Bonchev–Trinajstić information content (AvgIpc) is 3.00. The summed E-state index contributed by atoms with van der Waals surface area (Å²) in [4.78, 5) is 6.58. The Balaban J connectivity index is 0.00000225. The van der Waals surface area contributed by atoms with Gasteiger partial charge in [0.05, 0.1) is 13.2 Å². The molecule has 0 saturated heterocycles. The topological polar surface area (TPSA) is 41.8 Å². The fourth-order valence-corrected chi connectivity index (χ4v) is 3.21. The molecule has 3 rings (SSSR count). The van der Waals surface area contributed by atoms with Gasteiger partial charge in [0.2, 0.25) is 0 Å². The van der Waals surface area contributed by atoms with Crippen LogP contribution in [0.15, 0.2) is 47.6 Å². The standard InChI is InChI=1S/C19H26N4O.HI/c1-20-19(23(3)14-16-7-6-11-22(16)2)21-13-15-10-12-24-18-9-5-4-8-17(15)18;/h4-9,11,15H,10,12-14H2,1-3H3,(H,20,21);1H. The van der Waals surface area contributed by atoms with E-state index in [2.05, 4.69) is 70.4 Å². The maximum Gasteiger partial charge on any atom is 0.193 e. The summed E-state index contributed by atoms with van der Waals surface area (Å²) in [5, 5.41) is 3.52. The predicted molar refractivity (Wildman–Crippen MR) is 113 cm³/mol. The summed E-state index contributed by atoms with van der Waals surface area (Å²) in [6.45, 7) is 2.47. The number of nitrogens with zero attached hydrogens (tertiary/aromatic N) is 3. The second-order valence-corrected chi connectivity index (χ2v) is 6.27. The molecule has 1 N–H and O–H groups in total. The molecule has 1 aromatic heterocycles. The molecule has 0 amide bonds. The fourth-order valence-electron chi connectivity index (χ4n) is 3.21. The van der Waals surface area contributed by atoms with E-state index in [1.165, 1.54) is 11.3 Å². The van der Waals surface area contributed by atoms with Crippen molar-refractivity contribution in [3.63, 3.8) is 0 Å². The van der Waals surface area contributed by atoms with E-state index in [1.54, 1.807) is 0 Å². The van der Waals surface area contributed by atoms with Crippen LogP contribution in [0.4, 0.5) is 0 Å². The third kappa shape index (κ3) is 4.68. The van der Waals surface area contributed by atoms with Crippen LogP contribution in [-0.4, -0.2) is 42.7 Å². The van der Waals surface area contributed by atoms with E-state index >= 15 is 0 Å². The van der Waals surface area contributed by atoms with Gasteiger partial charge in [0.1, 0.15) is 5.75 Å². The molecule has 5 nitrogen and oxygen atoms in total. The minimum Gasteiger partial charge on any atom is -0.493 e. The van der Waals surface area contributed by atoms with Crippen LogP contribution in [0.5, 0.6) is 5.75 Å². The zero-order valence-electron chi connectivity index (χ0n) is 15.1. The molecule has 0 radical (unpaired) electrons. The lowest BCUT2D eigenvalue weighted by molar-refractivity contribution is 0.266. The van der Waals surface area contributed by atoms with Gasteiger partial charge in [0.25, 0.3) is 0 Å². The third-order valence-electron chi connectivity index (χ3n) is 4.61. The molecule has 6 heteroatoms. The van der Waals surface area contributed by atoms with E-state index in [4.69, 9.17) is 4.74 Å². The molecule has 0 bridgehead atoms. The lowest BCUT2D eigenvalue weighted by Gasteiger charge is -2.28. The summed E-state index contributed by atoms with van der Waals surface area (Å²) in [5.74, 6) is 2.39. The molecule has 0 fully saturated rings. The van der Waals surface area contributed by atoms with Gasteiger partial charge in [-0.15, -0.1) is 24.0 Å². The zero-order valence-corrected chi connectivity index (χ0v) is 17.4. The van der Waals surface area contributed by atoms with Crippen LogP contribution in [0, 0.1) is 0 Å². The number of ether oxygens (including phenoxy) is 1. The smallest absolute Gasteiger partial charge is 0.193 e. The summed E-state index contributed by atoms with van der Waals surface area (Å²) in [7, 11) is 5.97. The molecule has 0 saturated carbocycles.